The topological polar surface area (TPSA) is 76.2 Å². The van der Waals surface area contributed by atoms with E-state index >= 15 is 0 Å². The van der Waals surface area contributed by atoms with Gasteiger partial charge in [-0.3, -0.25) is 4.79 Å². The second-order valence-electron chi connectivity index (χ2n) is 3.93. The van der Waals surface area contributed by atoms with Gasteiger partial charge in [0.25, 0.3) is 0 Å². The molecule has 0 amide bonds. The van der Waals surface area contributed by atoms with Crippen molar-refractivity contribution in [1.82, 2.24) is 4.98 Å². The molecule has 19 heavy (non-hydrogen) atoms. The summed E-state index contributed by atoms with van der Waals surface area (Å²) in [6, 6.07) is 8.42. The van der Waals surface area contributed by atoms with Crippen molar-refractivity contribution in [2.75, 3.05) is 5.73 Å². The average molecular weight is 297 g/mol. The van der Waals surface area contributed by atoms with Crippen LogP contribution in [0.3, 0.4) is 0 Å². The molecule has 1 heterocycles. The average Bonchev–Trinajstić information content (AvgIpc) is 2.32. The van der Waals surface area contributed by atoms with E-state index in [1.165, 1.54) is 0 Å². The molecule has 0 aliphatic heterocycles. The number of pyridine rings is 1. The fourth-order valence-corrected chi connectivity index (χ4v) is 2.02. The number of aliphatic carboxylic acids is 1. The van der Waals surface area contributed by atoms with Gasteiger partial charge in [-0.15, -0.1) is 0 Å². The van der Waals surface area contributed by atoms with Crippen LogP contribution in [0.5, 0.6) is 0 Å². The van der Waals surface area contributed by atoms with Gasteiger partial charge in [-0.1, -0.05) is 29.3 Å². The minimum atomic E-state index is -0.973. The Morgan fingerprint density at radius 2 is 1.95 bits per heavy atom. The fourth-order valence-electron chi connectivity index (χ4n) is 1.72. The molecule has 2 aromatic rings. The maximum absolute atomic E-state index is 10.9. The zero-order valence-corrected chi connectivity index (χ0v) is 11.2. The molecule has 0 saturated carbocycles. The summed E-state index contributed by atoms with van der Waals surface area (Å²) in [5.41, 5.74) is 7.40. The number of carboxylic acid groups (broad SMARTS) is 1. The Hall–Kier alpha value is -1.78. The van der Waals surface area contributed by atoms with Crippen LogP contribution in [0.25, 0.3) is 11.1 Å². The zero-order valence-electron chi connectivity index (χ0n) is 9.73. The standard InChI is InChI=1S/C13H10Cl2N2O2/c14-9-3-1-7(5-10(9)15)8-2-4-12(16)17-11(8)6-13(18)19/h1-5H,6H2,(H2,16,17)(H,18,19). The minimum absolute atomic E-state index is 0.208. The van der Waals surface area contributed by atoms with Crippen LogP contribution in [0.15, 0.2) is 30.3 Å². The molecule has 6 heteroatoms. The quantitative estimate of drug-likeness (QED) is 0.911. The Labute approximate surface area is 119 Å². The first-order valence-corrected chi connectivity index (χ1v) is 6.15. The van der Waals surface area contributed by atoms with Gasteiger partial charge in [0.15, 0.2) is 0 Å². The number of benzene rings is 1. The molecule has 0 aliphatic rings. The van der Waals surface area contributed by atoms with Crippen molar-refractivity contribution in [2.24, 2.45) is 0 Å². The molecule has 1 aromatic heterocycles. The summed E-state index contributed by atoms with van der Waals surface area (Å²) in [5.74, 6) is -0.695. The number of nitrogens with zero attached hydrogens (tertiary/aromatic N) is 1. The van der Waals surface area contributed by atoms with Crippen LogP contribution in [0.2, 0.25) is 10.0 Å². The van der Waals surface area contributed by atoms with Crippen LogP contribution >= 0.6 is 23.2 Å². The summed E-state index contributed by atoms with van der Waals surface area (Å²) < 4.78 is 0. The number of carboxylic acids is 1. The summed E-state index contributed by atoms with van der Waals surface area (Å²) in [4.78, 5) is 14.9. The molecule has 0 radical (unpaired) electrons. The lowest BCUT2D eigenvalue weighted by Crippen LogP contribution is -2.06. The van der Waals surface area contributed by atoms with Gasteiger partial charge in [0, 0.05) is 5.56 Å². The predicted octanol–water partition coefficient (Wildman–Crippen LogP) is 3.26. The van der Waals surface area contributed by atoms with Crippen molar-refractivity contribution < 1.29 is 9.90 Å². The molecule has 0 atom stereocenters. The second-order valence-corrected chi connectivity index (χ2v) is 4.74. The monoisotopic (exact) mass is 296 g/mol. The zero-order chi connectivity index (χ0) is 14.0. The lowest BCUT2D eigenvalue weighted by molar-refractivity contribution is -0.136. The van der Waals surface area contributed by atoms with E-state index in [-0.39, 0.29) is 12.2 Å². The molecule has 3 N–H and O–H groups in total. The third-order valence-corrected chi connectivity index (χ3v) is 3.28. The summed E-state index contributed by atoms with van der Waals surface area (Å²) in [7, 11) is 0. The summed E-state index contributed by atoms with van der Waals surface area (Å²) in [6.07, 6.45) is -0.208. The number of nitrogens with two attached hydrogens (primary N) is 1. The van der Waals surface area contributed by atoms with Crippen LogP contribution in [0, 0.1) is 0 Å². The smallest absolute Gasteiger partial charge is 0.309 e. The maximum Gasteiger partial charge on any atom is 0.309 e. The fraction of sp³-hybridized carbons (Fsp3) is 0.0769. The van der Waals surface area contributed by atoms with Crippen molar-refractivity contribution in [3.8, 4) is 11.1 Å². The highest BCUT2D eigenvalue weighted by Gasteiger charge is 2.12. The number of anilines is 1. The summed E-state index contributed by atoms with van der Waals surface area (Å²) in [6.45, 7) is 0. The second kappa shape index (κ2) is 5.47. The van der Waals surface area contributed by atoms with Gasteiger partial charge >= 0.3 is 5.97 Å². The van der Waals surface area contributed by atoms with E-state index in [1.54, 1.807) is 30.3 Å². The predicted molar refractivity (Wildman–Crippen MR) is 75.4 cm³/mol. The Bertz CT molecular complexity index is 645. The first kappa shape index (κ1) is 13.6. The van der Waals surface area contributed by atoms with Crippen LogP contribution in [0.1, 0.15) is 5.69 Å². The van der Waals surface area contributed by atoms with Gasteiger partial charge in [-0.05, 0) is 29.8 Å². The third kappa shape index (κ3) is 3.16. The Kier molecular flexibility index (Phi) is 3.93. The summed E-state index contributed by atoms with van der Waals surface area (Å²) in [5, 5.41) is 9.74. The lowest BCUT2D eigenvalue weighted by atomic mass is 10.0. The normalized spacial score (nSPS) is 10.4. The van der Waals surface area contributed by atoms with E-state index < -0.39 is 5.97 Å². The first-order valence-electron chi connectivity index (χ1n) is 5.40. The van der Waals surface area contributed by atoms with Crippen LogP contribution in [-0.2, 0) is 11.2 Å². The highest BCUT2D eigenvalue weighted by atomic mass is 35.5. The lowest BCUT2D eigenvalue weighted by Gasteiger charge is -2.09. The number of hydrogen-bond acceptors (Lipinski definition) is 3. The summed E-state index contributed by atoms with van der Waals surface area (Å²) >= 11 is 11.8. The molecule has 1 aromatic carbocycles. The third-order valence-electron chi connectivity index (χ3n) is 2.54. The molecular formula is C13H10Cl2N2O2. The molecule has 98 valence electrons. The molecule has 0 fully saturated rings. The molecule has 2 rings (SSSR count). The van der Waals surface area contributed by atoms with Crippen molar-refractivity contribution >= 4 is 35.0 Å². The van der Waals surface area contributed by atoms with Crippen LogP contribution < -0.4 is 5.73 Å². The molecular weight excluding hydrogens is 287 g/mol. The number of aromatic nitrogens is 1. The molecule has 0 bridgehead atoms. The van der Waals surface area contributed by atoms with Gasteiger partial charge in [-0.25, -0.2) is 4.98 Å². The van der Waals surface area contributed by atoms with E-state index in [2.05, 4.69) is 4.98 Å². The number of nitrogen functional groups attached to an aromatic ring is 1. The van der Waals surface area contributed by atoms with Gasteiger partial charge in [0.2, 0.25) is 0 Å². The van der Waals surface area contributed by atoms with Gasteiger partial charge < -0.3 is 10.8 Å². The van der Waals surface area contributed by atoms with E-state index in [0.29, 0.717) is 21.3 Å². The number of hydrogen-bond donors (Lipinski definition) is 2. The maximum atomic E-state index is 10.9. The number of halogens is 2. The van der Waals surface area contributed by atoms with E-state index in [9.17, 15) is 4.79 Å². The SMILES string of the molecule is Nc1ccc(-c2ccc(Cl)c(Cl)c2)c(CC(=O)O)n1. The first-order chi connectivity index (χ1) is 8.97. The van der Waals surface area contributed by atoms with Gasteiger partial charge in [-0.2, -0.15) is 0 Å². The number of carbonyl (C=O) groups is 1. The largest absolute Gasteiger partial charge is 0.481 e. The molecule has 0 saturated heterocycles. The molecule has 0 unspecified atom stereocenters. The highest BCUT2D eigenvalue weighted by Crippen LogP contribution is 2.30. The van der Waals surface area contributed by atoms with Crippen molar-refractivity contribution in [2.45, 2.75) is 6.42 Å². The Morgan fingerprint density at radius 1 is 1.21 bits per heavy atom. The Morgan fingerprint density at radius 3 is 2.58 bits per heavy atom. The van der Waals surface area contributed by atoms with E-state index in [1.807, 2.05) is 0 Å². The van der Waals surface area contributed by atoms with Crippen molar-refractivity contribution in [3.05, 3.63) is 46.1 Å². The van der Waals surface area contributed by atoms with E-state index in [4.69, 9.17) is 34.0 Å². The Balaban J connectivity index is 2.54. The minimum Gasteiger partial charge on any atom is -0.481 e. The van der Waals surface area contributed by atoms with Gasteiger partial charge in [0.05, 0.1) is 22.2 Å². The number of rotatable bonds is 3. The van der Waals surface area contributed by atoms with E-state index in [0.717, 1.165) is 5.56 Å². The van der Waals surface area contributed by atoms with Crippen molar-refractivity contribution in [3.63, 3.8) is 0 Å². The van der Waals surface area contributed by atoms with Crippen LogP contribution in [0.4, 0.5) is 5.82 Å². The molecule has 0 spiro atoms. The van der Waals surface area contributed by atoms with Gasteiger partial charge in [0.1, 0.15) is 5.82 Å². The van der Waals surface area contributed by atoms with Crippen molar-refractivity contribution in [1.29, 1.82) is 0 Å². The van der Waals surface area contributed by atoms with Crippen LogP contribution in [-0.4, -0.2) is 16.1 Å². The highest BCUT2D eigenvalue weighted by molar-refractivity contribution is 6.42. The molecule has 4 nitrogen and oxygen atoms in total. The molecule has 0 aliphatic carbocycles.